The van der Waals surface area contributed by atoms with E-state index in [9.17, 15) is 4.79 Å². The van der Waals surface area contributed by atoms with E-state index in [4.69, 9.17) is 5.73 Å². The van der Waals surface area contributed by atoms with E-state index in [2.05, 4.69) is 49.5 Å². The van der Waals surface area contributed by atoms with Crippen molar-refractivity contribution < 1.29 is 4.79 Å². The van der Waals surface area contributed by atoms with Gasteiger partial charge in [0.1, 0.15) is 0 Å². The Morgan fingerprint density at radius 3 is 2.47 bits per heavy atom. The SMILES string of the molecule is CC(C)C(CNCCCCC(N)=O)c1ccccc1. The van der Waals surface area contributed by atoms with Crippen LogP contribution in [0, 0.1) is 5.92 Å². The van der Waals surface area contributed by atoms with Gasteiger partial charge in [-0.2, -0.15) is 0 Å². The van der Waals surface area contributed by atoms with Gasteiger partial charge < -0.3 is 11.1 Å². The van der Waals surface area contributed by atoms with Crippen molar-refractivity contribution in [3.8, 4) is 0 Å². The van der Waals surface area contributed by atoms with Gasteiger partial charge in [0.25, 0.3) is 0 Å². The second kappa shape index (κ2) is 8.70. The van der Waals surface area contributed by atoms with Gasteiger partial charge in [-0.05, 0) is 36.8 Å². The number of amides is 1. The number of nitrogens with one attached hydrogen (secondary N) is 1. The minimum absolute atomic E-state index is 0.204. The van der Waals surface area contributed by atoms with Crippen LogP contribution in [0.5, 0.6) is 0 Å². The van der Waals surface area contributed by atoms with E-state index >= 15 is 0 Å². The molecular formula is C16H26N2O. The van der Waals surface area contributed by atoms with E-state index in [-0.39, 0.29) is 5.91 Å². The van der Waals surface area contributed by atoms with Gasteiger partial charge in [0.15, 0.2) is 0 Å². The molecule has 0 bridgehead atoms. The van der Waals surface area contributed by atoms with Crippen LogP contribution >= 0.6 is 0 Å². The Morgan fingerprint density at radius 1 is 1.21 bits per heavy atom. The largest absolute Gasteiger partial charge is 0.370 e. The molecule has 0 aromatic heterocycles. The first kappa shape index (κ1) is 15.7. The topological polar surface area (TPSA) is 55.1 Å². The van der Waals surface area contributed by atoms with Crippen LogP contribution in [-0.4, -0.2) is 19.0 Å². The Kier molecular flexibility index (Phi) is 7.19. The van der Waals surface area contributed by atoms with Crippen molar-refractivity contribution in [2.45, 2.75) is 39.0 Å². The Hall–Kier alpha value is -1.35. The van der Waals surface area contributed by atoms with E-state index in [1.54, 1.807) is 0 Å². The number of primary amides is 1. The van der Waals surface area contributed by atoms with Gasteiger partial charge in [-0.3, -0.25) is 4.79 Å². The average Bonchev–Trinajstić information content (AvgIpc) is 2.38. The molecule has 0 aliphatic carbocycles. The first-order valence-corrected chi connectivity index (χ1v) is 7.15. The molecule has 1 unspecified atom stereocenters. The lowest BCUT2D eigenvalue weighted by atomic mass is 9.88. The molecule has 3 heteroatoms. The van der Waals surface area contributed by atoms with Crippen molar-refractivity contribution in [1.82, 2.24) is 5.32 Å². The summed E-state index contributed by atoms with van der Waals surface area (Å²) in [6.45, 7) is 6.44. The number of nitrogens with two attached hydrogens (primary N) is 1. The first-order valence-electron chi connectivity index (χ1n) is 7.15. The van der Waals surface area contributed by atoms with Crippen LogP contribution in [0.2, 0.25) is 0 Å². The highest BCUT2D eigenvalue weighted by Crippen LogP contribution is 2.23. The van der Waals surface area contributed by atoms with E-state index < -0.39 is 0 Å². The molecule has 0 heterocycles. The van der Waals surface area contributed by atoms with Gasteiger partial charge in [-0.25, -0.2) is 0 Å². The molecule has 0 saturated heterocycles. The summed E-state index contributed by atoms with van der Waals surface area (Å²) >= 11 is 0. The standard InChI is InChI=1S/C16H26N2O/c1-13(2)15(14-8-4-3-5-9-14)12-18-11-7-6-10-16(17)19/h3-5,8-9,13,15,18H,6-7,10-12H2,1-2H3,(H2,17,19). The molecule has 1 aromatic carbocycles. The molecule has 1 amide bonds. The maximum absolute atomic E-state index is 10.6. The summed E-state index contributed by atoms with van der Waals surface area (Å²) in [5.41, 5.74) is 6.50. The number of benzene rings is 1. The highest BCUT2D eigenvalue weighted by molar-refractivity contribution is 5.73. The maximum Gasteiger partial charge on any atom is 0.217 e. The predicted octanol–water partition coefficient (Wildman–Crippen LogP) is 2.67. The third-order valence-electron chi connectivity index (χ3n) is 3.42. The van der Waals surface area contributed by atoms with E-state index in [1.165, 1.54) is 5.56 Å². The predicted molar refractivity (Wildman–Crippen MR) is 79.9 cm³/mol. The Bertz CT molecular complexity index is 362. The molecule has 3 nitrogen and oxygen atoms in total. The van der Waals surface area contributed by atoms with Gasteiger partial charge in [0.2, 0.25) is 5.91 Å². The van der Waals surface area contributed by atoms with Gasteiger partial charge in [-0.1, -0.05) is 44.2 Å². The lowest BCUT2D eigenvalue weighted by Crippen LogP contribution is -2.25. The van der Waals surface area contributed by atoms with Crippen LogP contribution in [0.25, 0.3) is 0 Å². The molecular weight excluding hydrogens is 236 g/mol. The Morgan fingerprint density at radius 2 is 1.89 bits per heavy atom. The molecule has 1 atom stereocenters. The Labute approximate surface area is 116 Å². The van der Waals surface area contributed by atoms with Crippen LogP contribution in [0.4, 0.5) is 0 Å². The van der Waals surface area contributed by atoms with Crippen molar-refractivity contribution in [2.75, 3.05) is 13.1 Å². The third kappa shape index (κ3) is 6.39. The van der Waals surface area contributed by atoms with Crippen molar-refractivity contribution in [2.24, 2.45) is 11.7 Å². The van der Waals surface area contributed by atoms with E-state index in [0.717, 1.165) is 25.9 Å². The van der Waals surface area contributed by atoms with Crippen molar-refractivity contribution >= 4 is 5.91 Å². The summed E-state index contributed by atoms with van der Waals surface area (Å²) in [6.07, 6.45) is 2.37. The highest BCUT2D eigenvalue weighted by Gasteiger charge is 2.14. The van der Waals surface area contributed by atoms with Crippen molar-refractivity contribution in [1.29, 1.82) is 0 Å². The molecule has 0 aliphatic rings. The molecule has 1 rings (SSSR count). The number of hydrogen-bond acceptors (Lipinski definition) is 2. The third-order valence-corrected chi connectivity index (χ3v) is 3.42. The van der Waals surface area contributed by atoms with E-state index in [1.807, 2.05) is 0 Å². The number of hydrogen-bond donors (Lipinski definition) is 2. The molecule has 0 fully saturated rings. The molecule has 0 spiro atoms. The molecule has 19 heavy (non-hydrogen) atoms. The van der Waals surface area contributed by atoms with Crippen LogP contribution in [0.3, 0.4) is 0 Å². The van der Waals surface area contributed by atoms with E-state index in [0.29, 0.717) is 18.3 Å². The fourth-order valence-electron chi connectivity index (χ4n) is 2.25. The zero-order valence-corrected chi connectivity index (χ0v) is 12.1. The molecule has 0 saturated carbocycles. The molecule has 0 radical (unpaired) electrons. The lowest BCUT2D eigenvalue weighted by Gasteiger charge is -2.22. The zero-order chi connectivity index (χ0) is 14.1. The van der Waals surface area contributed by atoms with Crippen LogP contribution in [0.1, 0.15) is 44.6 Å². The van der Waals surface area contributed by atoms with Gasteiger partial charge in [0, 0.05) is 13.0 Å². The lowest BCUT2D eigenvalue weighted by molar-refractivity contribution is -0.118. The van der Waals surface area contributed by atoms with Gasteiger partial charge >= 0.3 is 0 Å². The summed E-state index contributed by atoms with van der Waals surface area (Å²) in [5, 5.41) is 3.49. The minimum Gasteiger partial charge on any atom is -0.370 e. The maximum atomic E-state index is 10.6. The molecule has 0 aliphatic heterocycles. The molecule has 3 N–H and O–H groups in total. The number of rotatable bonds is 9. The summed E-state index contributed by atoms with van der Waals surface area (Å²) in [5.74, 6) is 0.946. The van der Waals surface area contributed by atoms with Crippen LogP contribution in [-0.2, 0) is 4.79 Å². The second-order valence-corrected chi connectivity index (χ2v) is 5.39. The molecule has 106 valence electrons. The monoisotopic (exact) mass is 262 g/mol. The molecule has 1 aromatic rings. The zero-order valence-electron chi connectivity index (χ0n) is 12.1. The van der Waals surface area contributed by atoms with Crippen molar-refractivity contribution in [3.63, 3.8) is 0 Å². The fourth-order valence-corrected chi connectivity index (χ4v) is 2.25. The highest BCUT2D eigenvalue weighted by atomic mass is 16.1. The van der Waals surface area contributed by atoms with Crippen LogP contribution < -0.4 is 11.1 Å². The number of carbonyl (C=O) groups is 1. The second-order valence-electron chi connectivity index (χ2n) is 5.39. The smallest absolute Gasteiger partial charge is 0.217 e. The minimum atomic E-state index is -0.204. The number of unbranched alkanes of at least 4 members (excludes halogenated alkanes) is 1. The summed E-state index contributed by atoms with van der Waals surface area (Å²) in [7, 11) is 0. The van der Waals surface area contributed by atoms with Crippen molar-refractivity contribution in [3.05, 3.63) is 35.9 Å². The summed E-state index contributed by atoms with van der Waals surface area (Å²) < 4.78 is 0. The summed E-state index contributed by atoms with van der Waals surface area (Å²) in [4.78, 5) is 10.6. The average molecular weight is 262 g/mol. The summed E-state index contributed by atoms with van der Waals surface area (Å²) in [6, 6.07) is 10.6. The quantitative estimate of drug-likeness (QED) is 0.672. The van der Waals surface area contributed by atoms with Gasteiger partial charge in [0.05, 0.1) is 0 Å². The Balaban J connectivity index is 2.30. The van der Waals surface area contributed by atoms with Gasteiger partial charge in [-0.15, -0.1) is 0 Å². The fraction of sp³-hybridized carbons (Fsp3) is 0.562. The van der Waals surface area contributed by atoms with Crippen LogP contribution in [0.15, 0.2) is 30.3 Å². The normalized spacial score (nSPS) is 12.6. The number of carbonyl (C=O) groups excluding carboxylic acids is 1. The first-order chi connectivity index (χ1) is 9.11.